The fraction of sp³-hybridized carbons (Fsp3) is 0.538. The van der Waals surface area contributed by atoms with E-state index in [-0.39, 0.29) is 16.9 Å². The smallest absolute Gasteiger partial charge is 0.141 e. The third-order valence-electron chi connectivity index (χ3n) is 3.17. The Morgan fingerprint density at radius 1 is 1.41 bits per heavy atom. The molecule has 2 atom stereocenters. The molecule has 0 bridgehead atoms. The van der Waals surface area contributed by atoms with E-state index in [4.69, 9.17) is 17.3 Å². The predicted octanol–water partition coefficient (Wildman–Crippen LogP) is 2.97. The summed E-state index contributed by atoms with van der Waals surface area (Å²) >= 11 is 5.81. The maximum Gasteiger partial charge on any atom is 0.141 e. The zero-order valence-electron chi connectivity index (χ0n) is 10.5. The van der Waals surface area contributed by atoms with Gasteiger partial charge in [-0.05, 0) is 43.1 Å². The second kappa shape index (κ2) is 6.34. The van der Waals surface area contributed by atoms with Crippen LogP contribution in [0.3, 0.4) is 0 Å². The van der Waals surface area contributed by atoms with Gasteiger partial charge in [-0.2, -0.15) is 0 Å². The van der Waals surface area contributed by atoms with E-state index >= 15 is 0 Å². The second-order valence-electron chi connectivity index (χ2n) is 4.58. The molecule has 96 valence electrons. The molecule has 0 radical (unpaired) electrons. The molecule has 0 aliphatic heterocycles. The molecule has 0 amide bonds. The topological polar surface area (TPSA) is 38.0 Å². The maximum absolute atomic E-state index is 13.1. The van der Waals surface area contributed by atoms with Gasteiger partial charge in [-0.25, -0.2) is 4.39 Å². The van der Waals surface area contributed by atoms with Gasteiger partial charge >= 0.3 is 0 Å². The summed E-state index contributed by atoms with van der Waals surface area (Å²) in [6.07, 6.45) is 0. The summed E-state index contributed by atoms with van der Waals surface area (Å²) in [5.41, 5.74) is 6.78. The quantitative estimate of drug-likeness (QED) is 0.852. The molecule has 4 heteroatoms. The highest BCUT2D eigenvalue weighted by Gasteiger charge is 2.23. The molecule has 2 nitrogen and oxygen atoms in total. The van der Waals surface area contributed by atoms with Gasteiger partial charge in [0.1, 0.15) is 5.82 Å². The van der Waals surface area contributed by atoms with E-state index in [2.05, 4.69) is 19.2 Å². The number of nitrogens with two attached hydrogens (primary N) is 1. The Morgan fingerprint density at radius 2 is 2.06 bits per heavy atom. The Hall–Kier alpha value is -0.640. The minimum atomic E-state index is -0.390. The summed E-state index contributed by atoms with van der Waals surface area (Å²) in [5.74, 6) is 0.349. The van der Waals surface area contributed by atoms with Crippen molar-refractivity contribution in [3.8, 4) is 0 Å². The Kier molecular flexibility index (Phi) is 5.37. The monoisotopic (exact) mass is 258 g/mol. The molecule has 3 N–H and O–H groups in total. The summed E-state index contributed by atoms with van der Waals surface area (Å²) in [6, 6.07) is 4.92. The SMILES string of the molecule is CNC(c1ccc(F)c(Cl)c1)C(CN)C(C)C. The largest absolute Gasteiger partial charge is 0.330 e. The fourth-order valence-electron chi connectivity index (χ4n) is 2.13. The zero-order valence-corrected chi connectivity index (χ0v) is 11.3. The van der Waals surface area contributed by atoms with E-state index in [1.807, 2.05) is 7.05 Å². The minimum absolute atomic E-state index is 0.0955. The second-order valence-corrected chi connectivity index (χ2v) is 4.99. The highest BCUT2D eigenvalue weighted by atomic mass is 35.5. The van der Waals surface area contributed by atoms with E-state index in [1.165, 1.54) is 6.07 Å². The third kappa shape index (κ3) is 3.41. The Balaban J connectivity index is 3.03. The van der Waals surface area contributed by atoms with Crippen molar-refractivity contribution in [2.24, 2.45) is 17.6 Å². The summed E-state index contributed by atoms with van der Waals surface area (Å²) < 4.78 is 13.1. The lowest BCUT2D eigenvalue weighted by Gasteiger charge is -2.29. The Morgan fingerprint density at radius 3 is 2.47 bits per heavy atom. The number of benzene rings is 1. The first-order valence-corrected chi connectivity index (χ1v) is 6.21. The first kappa shape index (κ1) is 14.4. The van der Waals surface area contributed by atoms with Crippen LogP contribution in [0.15, 0.2) is 18.2 Å². The predicted molar refractivity (Wildman–Crippen MR) is 70.6 cm³/mol. The number of halogens is 2. The standard InChI is InChI=1S/C13H20ClFN2/c1-8(2)10(7-16)13(17-3)9-4-5-12(15)11(14)6-9/h4-6,8,10,13,17H,7,16H2,1-3H3. The molecule has 0 aliphatic rings. The summed E-state index contributed by atoms with van der Waals surface area (Å²) in [4.78, 5) is 0. The average Bonchev–Trinajstić information content (AvgIpc) is 2.29. The molecule has 0 saturated heterocycles. The van der Waals surface area contributed by atoms with Gasteiger partial charge in [0, 0.05) is 6.04 Å². The van der Waals surface area contributed by atoms with Crippen LogP contribution in [0.4, 0.5) is 4.39 Å². The van der Waals surface area contributed by atoms with Crippen molar-refractivity contribution in [3.05, 3.63) is 34.6 Å². The Bertz CT molecular complexity index is 368. The Labute approximate surface area is 107 Å². The van der Waals surface area contributed by atoms with Gasteiger partial charge in [0.15, 0.2) is 0 Å². The van der Waals surface area contributed by atoms with E-state index in [9.17, 15) is 4.39 Å². The molecule has 0 aliphatic carbocycles. The molecule has 0 saturated carbocycles. The molecule has 0 aromatic heterocycles. The number of nitrogens with one attached hydrogen (secondary N) is 1. The first-order chi connectivity index (χ1) is 8.01. The summed E-state index contributed by atoms with van der Waals surface area (Å²) in [6.45, 7) is 4.85. The van der Waals surface area contributed by atoms with Crippen molar-refractivity contribution >= 4 is 11.6 Å². The van der Waals surface area contributed by atoms with Gasteiger partial charge in [0.2, 0.25) is 0 Å². The van der Waals surface area contributed by atoms with Crippen LogP contribution in [0, 0.1) is 17.7 Å². The van der Waals surface area contributed by atoms with Gasteiger partial charge in [-0.3, -0.25) is 0 Å². The minimum Gasteiger partial charge on any atom is -0.330 e. The van der Waals surface area contributed by atoms with Gasteiger partial charge < -0.3 is 11.1 Å². The normalized spacial score (nSPS) is 15.0. The molecule has 0 fully saturated rings. The van der Waals surface area contributed by atoms with Crippen molar-refractivity contribution in [1.29, 1.82) is 0 Å². The molecular weight excluding hydrogens is 239 g/mol. The molecule has 2 unspecified atom stereocenters. The van der Waals surface area contributed by atoms with Crippen molar-refractivity contribution in [1.82, 2.24) is 5.32 Å². The van der Waals surface area contributed by atoms with Crippen LogP contribution in [-0.2, 0) is 0 Å². The lowest BCUT2D eigenvalue weighted by Crippen LogP contribution is -2.34. The third-order valence-corrected chi connectivity index (χ3v) is 3.46. The van der Waals surface area contributed by atoms with E-state index in [0.29, 0.717) is 18.4 Å². The molecule has 1 rings (SSSR count). The number of hydrogen-bond donors (Lipinski definition) is 2. The van der Waals surface area contributed by atoms with Crippen molar-refractivity contribution < 1.29 is 4.39 Å². The maximum atomic E-state index is 13.1. The van der Waals surface area contributed by atoms with Gasteiger partial charge in [0.05, 0.1) is 5.02 Å². The summed E-state index contributed by atoms with van der Waals surface area (Å²) in [5, 5.41) is 3.39. The van der Waals surface area contributed by atoms with Gasteiger partial charge in [-0.1, -0.05) is 31.5 Å². The average molecular weight is 259 g/mol. The van der Waals surface area contributed by atoms with Crippen molar-refractivity contribution in [2.75, 3.05) is 13.6 Å². The van der Waals surface area contributed by atoms with Crippen LogP contribution >= 0.6 is 11.6 Å². The lowest BCUT2D eigenvalue weighted by molar-refractivity contribution is 0.299. The lowest BCUT2D eigenvalue weighted by atomic mass is 9.84. The molecule has 1 aromatic rings. The summed E-state index contributed by atoms with van der Waals surface area (Å²) in [7, 11) is 1.88. The van der Waals surface area contributed by atoms with Crippen LogP contribution in [0.1, 0.15) is 25.5 Å². The van der Waals surface area contributed by atoms with Crippen molar-refractivity contribution in [3.63, 3.8) is 0 Å². The van der Waals surface area contributed by atoms with Crippen LogP contribution < -0.4 is 11.1 Å². The first-order valence-electron chi connectivity index (χ1n) is 5.83. The van der Waals surface area contributed by atoms with Gasteiger partial charge in [0.25, 0.3) is 0 Å². The highest BCUT2D eigenvalue weighted by Crippen LogP contribution is 2.29. The van der Waals surface area contributed by atoms with Crippen LogP contribution in [0.5, 0.6) is 0 Å². The van der Waals surface area contributed by atoms with E-state index in [1.54, 1.807) is 12.1 Å². The molecule has 0 spiro atoms. The number of hydrogen-bond acceptors (Lipinski definition) is 2. The number of rotatable bonds is 5. The van der Waals surface area contributed by atoms with E-state index < -0.39 is 0 Å². The fourth-order valence-corrected chi connectivity index (χ4v) is 2.32. The molecule has 0 heterocycles. The molecule has 17 heavy (non-hydrogen) atoms. The van der Waals surface area contributed by atoms with Crippen LogP contribution in [0.25, 0.3) is 0 Å². The molecule has 1 aromatic carbocycles. The molecular formula is C13H20ClFN2. The van der Waals surface area contributed by atoms with E-state index in [0.717, 1.165) is 5.56 Å². The van der Waals surface area contributed by atoms with Crippen molar-refractivity contribution in [2.45, 2.75) is 19.9 Å². The van der Waals surface area contributed by atoms with Gasteiger partial charge in [-0.15, -0.1) is 0 Å². The van der Waals surface area contributed by atoms with Crippen LogP contribution in [0.2, 0.25) is 5.02 Å². The van der Waals surface area contributed by atoms with Crippen LogP contribution in [-0.4, -0.2) is 13.6 Å². The zero-order chi connectivity index (χ0) is 13.0. The highest BCUT2D eigenvalue weighted by molar-refractivity contribution is 6.30.